The second kappa shape index (κ2) is 8.84. The summed E-state index contributed by atoms with van der Waals surface area (Å²) in [5, 5.41) is 5.80. The number of methoxy groups -OCH3 is 1. The second-order valence-corrected chi connectivity index (χ2v) is 3.44. The molecule has 17 heavy (non-hydrogen) atoms. The molecule has 96 valence electrons. The summed E-state index contributed by atoms with van der Waals surface area (Å²) in [6.07, 6.45) is 0.355. The number of halogens is 1. The lowest BCUT2D eigenvalue weighted by Crippen LogP contribution is -2.31. The maximum absolute atomic E-state index is 11.6. The number of nitrogens with one attached hydrogen (secondary N) is 2. The van der Waals surface area contributed by atoms with E-state index in [0.717, 1.165) is 17.9 Å². The molecular formula is C12H19ClN2O2. The quantitative estimate of drug-likeness (QED) is 0.749. The first-order valence-electron chi connectivity index (χ1n) is 5.31. The van der Waals surface area contributed by atoms with Crippen LogP contribution in [-0.4, -0.2) is 33.2 Å². The zero-order valence-corrected chi connectivity index (χ0v) is 11.0. The van der Waals surface area contributed by atoms with E-state index in [2.05, 4.69) is 10.6 Å². The molecule has 0 aliphatic rings. The van der Waals surface area contributed by atoms with Crippen LogP contribution in [0.3, 0.4) is 0 Å². The van der Waals surface area contributed by atoms with Crippen LogP contribution in [-0.2, 0) is 11.2 Å². The summed E-state index contributed by atoms with van der Waals surface area (Å²) in [5.41, 5.74) is 0.909. The maximum Gasteiger partial charge on any atom is 0.224 e. The SMILES string of the molecule is CNCCNC(=O)Cc1ccccc1OC.Cl. The van der Waals surface area contributed by atoms with E-state index in [1.807, 2.05) is 31.3 Å². The number of carbonyl (C=O) groups excluding carboxylic acids is 1. The van der Waals surface area contributed by atoms with Crippen molar-refractivity contribution in [1.29, 1.82) is 0 Å². The number of hydrogen-bond acceptors (Lipinski definition) is 3. The summed E-state index contributed by atoms with van der Waals surface area (Å²) < 4.78 is 5.18. The highest BCUT2D eigenvalue weighted by Crippen LogP contribution is 2.17. The van der Waals surface area contributed by atoms with Gasteiger partial charge in [0.05, 0.1) is 13.5 Å². The zero-order chi connectivity index (χ0) is 11.8. The standard InChI is InChI=1S/C12H18N2O2.ClH/c1-13-7-8-14-12(15)9-10-5-3-4-6-11(10)16-2;/h3-6,13H,7-9H2,1-2H3,(H,14,15);1H. The van der Waals surface area contributed by atoms with Crippen molar-refractivity contribution in [2.24, 2.45) is 0 Å². The monoisotopic (exact) mass is 258 g/mol. The van der Waals surface area contributed by atoms with Crippen LogP contribution in [0.2, 0.25) is 0 Å². The fraction of sp³-hybridized carbons (Fsp3) is 0.417. The summed E-state index contributed by atoms with van der Waals surface area (Å²) in [7, 11) is 3.46. The molecule has 0 fully saturated rings. The van der Waals surface area contributed by atoms with E-state index < -0.39 is 0 Å². The van der Waals surface area contributed by atoms with Crippen LogP contribution < -0.4 is 15.4 Å². The second-order valence-electron chi connectivity index (χ2n) is 3.44. The first kappa shape index (κ1) is 15.7. The van der Waals surface area contributed by atoms with Crippen molar-refractivity contribution in [3.8, 4) is 5.75 Å². The fourth-order valence-electron chi connectivity index (χ4n) is 1.41. The van der Waals surface area contributed by atoms with E-state index in [0.29, 0.717) is 13.0 Å². The van der Waals surface area contributed by atoms with E-state index in [1.54, 1.807) is 7.11 Å². The molecule has 4 nitrogen and oxygen atoms in total. The van der Waals surface area contributed by atoms with Crippen molar-refractivity contribution < 1.29 is 9.53 Å². The number of ether oxygens (including phenoxy) is 1. The molecule has 0 aliphatic carbocycles. The molecule has 1 aromatic carbocycles. The van der Waals surface area contributed by atoms with Crippen molar-refractivity contribution in [3.63, 3.8) is 0 Å². The minimum Gasteiger partial charge on any atom is -0.496 e. The Labute approximate surface area is 108 Å². The van der Waals surface area contributed by atoms with Gasteiger partial charge in [-0.1, -0.05) is 18.2 Å². The van der Waals surface area contributed by atoms with Crippen LogP contribution in [0.15, 0.2) is 24.3 Å². The van der Waals surface area contributed by atoms with Gasteiger partial charge in [0.25, 0.3) is 0 Å². The third-order valence-corrected chi connectivity index (χ3v) is 2.24. The van der Waals surface area contributed by atoms with Gasteiger partial charge in [0.2, 0.25) is 5.91 Å². The van der Waals surface area contributed by atoms with Crippen molar-refractivity contribution in [2.45, 2.75) is 6.42 Å². The average molecular weight is 259 g/mol. The van der Waals surface area contributed by atoms with Gasteiger partial charge in [0.15, 0.2) is 0 Å². The Morgan fingerprint density at radius 1 is 1.29 bits per heavy atom. The third kappa shape index (κ3) is 5.56. The smallest absolute Gasteiger partial charge is 0.224 e. The molecule has 5 heteroatoms. The molecule has 0 bridgehead atoms. The molecule has 0 unspecified atom stereocenters. The summed E-state index contributed by atoms with van der Waals surface area (Å²) in [6, 6.07) is 7.55. The number of likely N-dealkylation sites (N-methyl/N-ethyl adjacent to an activating group) is 1. The highest BCUT2D eigenvalue weighted by Gasteiger charge is 2.06. The molecule has 0 aromatic heterocycles. The molecule has 2 N–H and O–H groups in total. The molecule has 0 radical (unpaired) electrons. The molecule has 0 saturated heterocycles. The van der Waals surface area contributed by atoms with E-state index in [1.165, 1.54) is 0 Å². The average Bonchev–Trinajstić information content (AvgIpc) is 2.30. The maximum atomic E-state index is 11.6. The van der Waals surface area contributed by atoms with E-state index >= 15 is 0 Å². The number of amides is 1. The van der Waals surface area contributed by atoms with Gasteiger partial charge in [0, 0.05) is 18.7 Å². The van der Waals surface area contributed by atoms with Crippen molar-refractivity contribution in [1.82, 2.24) is 10.6 Å². The summed E-state index contributed by atoms with van der Waals surface area (Å²) in [6.45, 7) is 1.42. The molecule has 0 saturated carbocycles. The van der Waals surface area contributed by atoms with Crippen molar-refractivity contribution >= 4 is 18.3 Å². The Kier molecular flexibility index (Phi) is 8.19. The van der Waals surface area contributed by atoms with E-state index in [9.17, 15) is 4.79 Å². The van der Waals surface area contributed by atoms with Gasteiger partial charge in [-0.25, -0.2) is 0 Å². The first-order valence-corrected chi connectivity index (χ1v) is 5.31. The molecule has 1 amide bonds. The van der Waals surface area contributed by atoms with Gasteiger partial charge < -0.3 is 15.4 Å². The van der Waals surface area contributed by atoms with Gasteiger partial charge in [0.1, 0.15) is 5.75 Å². The van der Waals surface area contributed by atoms with Gasteiger partial charge in [-0.15, -0.1) is 12.4 Å². The molecular weight excluding hydrogens is 240 g/mol. The molecule has 0 atom stereocenters. The largest absolute Gasteiger partial charge is 0.496 e. The minimum absolute atomic E-state index is 0. The fourth-order valence-corrected chi connectivity index (χ4v) is 1.41. The lowest BCUT2D eigenvalue weighted by atomic mass is 10.1. The highest BCUT2D eigenvalue weighted by molar-refractivity contribution is 5.85. The molecule has 1 rings (SSSR count). The Balaban J connectivity index is 0.00000256. The van der Waals surface area contributed by atoms with Crippen LogP contribution in [0.4, 0.5) is 0 Å². The van der Waals surface area contributed by atoms with Crippen LogP contribution in [0.5, 0.6) is 5.75 Å². The van der Waals surface area contributed by atoms with Crippen LogP contribution in [0.25, 0.3) is 0 Å². The normalized spacial score (nSPS) is 9.29. The van der Waals surface area contributed by atoms with Crippen molar-refractivity contribution in [2.75, 3.05) is 27.2 Å². The predicted molar refractivity (Wildman–Crippen MR) is 70.9 cm³/mol. The minimum atomic E-state index is 0. The van der Waals surface area contributed by atoms with Gasteiger partial charge >= 0.3 is 0 Å². The van der Waals surface area contributed by atoms with E-state index in [4.69, 9.17) is 4.74 Å². The zero-order valence-electron chi connectivity index (χ0n) is 10.2. The lowest BCUT2D eigenvalue weighted by molar-refractivity contribution is -0.120. The van der Waals surface area contributed by atoms with Crippen molar-refractivity contribution in [3.05, 3.63) is 29.8 Å². The van der Waals surface area contributed by atoms with Gasteiger partial charge in [-0.2, -0.15) is 0 Å². The number of carbonyl (C=O) groups is 1. The first-order chi connectivity index (χ1) is 7.77. The Hall–Kier alpha value is -1.26. The predicted octanol–water partition coefficient (Wildman–Crippen LogP) is 0.995. The Morgan fingerprint density at radius 3 is 2.65 bits per heavy atom. The van der Waals surface area contributed by atoms with Crippen LogP contribution in [0, 0.1) is 0 Å². The molecule has 0 aliphatic heterocycles. The lowest BCUT2D eigenvalue weighted by Gasteiger charge is -2.08. The molecule has 0 heterocycles. The molecule has 0 spiro atoms. The summed E-state index contributed by atoms with van der Waals surface area (Å²) in [5.74, 6) is 0.769. The van der Waals surface area contributed by atoms with Gasteiger partial charge in [-0.05, 0) is 13.1 Å². The Bertz CT molecular complexity index is 345. The highest BCUT2D eigenvalue weighted by atomic mass is 35.5. The molecule has 1 aromatic rings. The van der Waals surface area contributed by atoms with Crippen LogP contribution in [0.1, 0.15) is 5.56 Å². The summed E-state index contributed by atoms with van der Waals surface area (Å²) in [4.78, 5) is 11.6. The summed E-state index contributed by atoms with van der Waals surface area (Å²) >= 11 is 0. The Morgan fingerprint density at radius 2 is 2.00 bits per heavy atom. The third-order valence-electron chi connectivity index (χ3n) is 2.24. The van der Waals surface area contributed by atoms with Gasteiger partial charge in [-0.3, -0.25) is 4.79 Å². The number of para-hydroxylation sites is 1. The number of hydrogen-bond donors (Lipinski definition) is 2. The number of benzene rings is 1. The number of rotatable bonds is 6. The van der Waals surface area contributed by atoms with E-state index in [-0.39, 0.29) is 18.3 Å². The van der Waals surface area contributed by atoms with Crippen LogP contribution >= 0.6 is 12.4 Å². The topological polar surface area (TPSA) is 50.4 Å².